The van der Waals surface area contributed by atoms with Crippen molar-refractivity contribution in [2.75, 3.05) is 20.2 Å². The highest BCUT2D eigenvalue weighted by Gasteiger charge is 2.36. The Bertz CT molecular complexity index is 808. The summed E-state index contributed by atoms with van der Waals surface area (Å²) in [6.45, 7) is 2.64. The van der Waals surface area contributed by atoms with Gasteiger partial charge in [-0.2, -0.15) is 0 Å². The number of hydrogen-bond acceptors (Lipinski definition) is 5. The number of likely N-dealkylation sites (N-methyl/N-ethyl adjacent to an activating group) is 1. The quantitative estimate of drug-likeness (QED) is 0.847. The van der Waals surface area contributed by atoms with Crippen LogP contribution in [0.1, 0.15) is 6.92 Å². The van der Waals surface area contributed by atoms with E-state index in [0.717, 1.165) is 5.75 Å². The molecule has 2 heterocycles. The topological polar surface area (TPSA) is 57.2 Å². The summed E-state index contributed by atoms with van der Waals surface area (Å²) in [4.78, 5) is 14.5. The summed E-state index contributed by atoms with van der Waals surface area (Å²) < 4.78 is 23.4. The van der Waals surface area contributed by atoms with Crippen LogP contribution in [0.2, 0.25) is 0 Å². The molecule has 136 valence electrons. The summed E-state index contributed by atoms with van der Waals surface area (Å²) in [5.74, 6) is 2.53. The van der Waals surface area contributed by atoms with Crippen LogP contribution >= 0.6 is 0 Å². The number of fused-ring (bicyclic) bond motifs is 2. The average Bonchev–Trinajstić information content (AvgIpc) is 2.66. The van der Waals surface area contributed by atoms with E-state index in [-0.39, 0.29) is 18.1 Å². The fourth-order valence-electron chi connectivity index (χ4n) is 3.16. The summed E-state index contributed by atoms with van der Waals surface area (Å²) in [7, 11) is 1.74. The number of rotatable bonds is 3. The molecule has 0 radical (unpaired) electrons. The number of hydrogen-bond donors (Lipinski definition) is 0. The third-order valence-corrected chi connectivity index (χ3v) is 4.51. The van der Waals surface area contributed by atoms with E-state index >= 15 is 0 Å². The highest BCUT2D eigenvalue weighted by Crippen LogP contribution is 2.34. The van der Waals surface area contributed by atoms with Gasteiger partial charge < -0.3 is 23.8 Å². The van der Waals surface area contributed by atoms with Crippen molar-refractivity contribution in [3.8, 4) is 23.0 Å². The minimum Gasteiger partial charge on any atom is -0.486 e. The largest absolute Gasteiger partial charge is 0.486 e. The summed E-state index contributed by atoms with van der Waals surface area (Å²) in [6, 6.07) is 14.9. The van der Waals surface area contributed by atoms with E-state index < -0.39 is 6.10 Å². The first-order chi connectivity index (χ1) is 12.6. The molecule has 3 unspecified atom stereocenters. The van der Waals surface area contributed by atoms with Gasteiger partial charge >= 0.3 is 0 Å². The number of benzene rings is 2. The molecule has 4 rings (SSSR count). The Morgan fingerprint density at radius 2 is 1.54 bits per heavy atom. The zero-order valence-corrected chi connectivity index (χ0v) is 14.8. The zero-order chi connectivity index (χ0) is 18.1. The molecule has 0 aromatic heterocycles. The van der Waals surface area contributed by atoms with E-state index in [9.17, 15) is 4.79 Å². The summed E-state index contributed by atoms with van der Waals surface area (Å²) in [5.41, 5.74) is 0. The van der Waals surface area contributed by atoms with Crippen LogP contribution in [0.15, 0.2) is 48.5 Å². The fraction of sp³-hybridized carbons (Fsp3) is 0.350. The second kappa shape index (κ2) is 6.78. The summed E-state index contributed by atoms with van der Waals surface area (Å²) in [5, 5.41) is 0. The van der Waals surface area contributed by atoms with Crippen LogP contribution < -0.4 is 18.9 Å². The number of amides is 1. The van der Waals surface area contributed by atoms with Crippen molar-refractivity contribution in [3.05, 3.63) is 48.5 Å². The Balaban J connectivity index is 1.41. The van der Waals surface area contributed by atoms with Crippen LogP contribution in [-0.4, -0.2) is 49.3 Å². The number of ether oxygens (including phenoxy) is 4. The van der Waals surface area contributed by atoms with Gasteiger partial charge in [0.1, 0.15) is 12.7 Å². The van der Waals surface area contributed by atoms with Crippen molar-refractivity contribution in [2.24, 2.45) is 0 Å². The molecule has 0 saturated carbocycles. The molecule has 0 N–H and O–H groups in total. The Kier molecular flexibility index (Phi) is 4.32. The number of nitrogens with zero attached hydrogens (tertiary/aromatic N) is 1. The maximum Gasteiger partial charge on any atom is 0.267 e. The van der Waals surface area contributed by atoms with Crippen LogP contribution in [0.3, 0.4) is 0 Å². The number of carbonyl (C=O) groups is 1. The number of para-hydroxylation sites is 4. The number of carbonyl (C=O) groups excluding carboxylic acids is 1. The minimum absolute atomic E-state index is 0.144. The van der Waals surface area contributed by atoms with Gasteiger partial charge in [-0.05, 0) is 31.2 Å². The maximum atomic E-state index is 12.9. The van der Waals surface area contributed by atoms with Crippen molar-refractivity contribution >= 4 is 5.91 Å². The molecule has 0 aliphatic carbocycles. The summed E-state index contributed by atoms with van der Waals surface area (Å²) in [6.07, 6.45) is -1.29. The lowest BCUT2D eigenvalue weighted by Crippen LogP contribution is -2.52. The molecular formula is C20H21NO5. The Morgan fingerprint density at radius 3 is 2.23 bits per heavy atom. The molecule has 6 heteroatoms. The molecule has 2 aromatic rings. The highest BCUT2D eigenvalue weighted by molar-refractivity contribution is 5.82. The van der Waals surface area contributed by atoms with Crippen LogP contribution in [0.4, 0.5) is 0 Å². The first-order valence-corrected chi connectivity index (χ1v) is 8.67. The Labute approximate surface area is 152 Å². The lowest BCUT2D eigenvalue weighted by atomic mass is 10.1. The molecule has 0 fully saturated rings. The van der Waals surface area contributed by atoms with Crippen molar-refractivity contribution in [3.63, 3.8) is 0 Å². The van der Waals surface area contributed by atoms with E-state index in [1.165, 1.54) is 0 Å². The Morgan fingerprint density at radius 1 is 0.962 bits per heavy atom. The van der Waals surface area contributed by atoms with Gasteiger partial charge in [-0.15, -0.1) is 0 Å². The first-order valence-electron chi connectivity index (χ1n) is 8.67. The van der Waals surface area contributed by atoms with Crippen molar-refractivity contribution in [1.82, 2.24) is 4.90 Å². The second-order valence-corrected chi connectivity index (χ2v) is 6.52. The molecule has 3 atom stereocenters. The summed E-state index contributed by atoms with van der Waals surface area (Å²) >= 11 is 0. The van der Waals surface area contributed by atoms with E-state index in [1.807, 2.05) is 49.4 Å². The van der Waals surface area contributed by atoms with Crippen LogP contribution in [-0.2, 0) is 4.79 Å². The lowest BCUT2D eigenvalue weighted by Gasteiger charge is -2.35. The first kappa shape index (κ1) is 16.6. The molecule has 2 aliphatic rings. The molecule has 6 nitrogen and oxygen atoms in total. The van der Waals surface area contributed by atoms with Gasteiger partial charge in [0.2, 0.25) is 6.10 Å². The van der Waals surface area contributed by atoms with Crippen molar-refractivity contribution in [1.29, 1.82) is 0 Å². The predicted octanol–water partition coefficient (Wildman–Crippen LogP) is 2.51. The minimum atomic E-state index is -0.688. The predicted molar refractivity (Wildman–Crippen MR) is 94.9 cm³/mol. The van der Waals surface area contributed by atoms with Gasteiger partial charge in [0.05, 0.1) is 6.54 Å². The van der Waals surface area contributed by atoms with Gasteiger partial charge in [0.25, 0.3) is 5.91 Å². The SMILES string of the molecule is CC1Oc2ccccc2OC1C(=O)N(C)CC1COc2ccccc2O1. The normalized spacial score (nSPS) is 23.2. The second-order valence-electron chi connectivity index (χ2n) is 6.52. The van der Waals surface area contributed by atoms with Gasteiger partial charge in [-0.1, -0.05) is 24.3 Å². The molecule has 26 heavy (non-hydrogen) atoms. The Hall–Kier alpha value is -2.89. The molecule has 2 aromatic carbocycles. The van der Waals surface area contributed by atoms with E-state index in [0.29, 0.717) is 30.4 Å². The molecule has 0 spiro atoms. The van der Waals surface area contributed by atoms with Gasteiger partial charge in [-0.25, -0.2) is 0 Å². The molecular weight excluding hydrogens is 334 g/mol. The molecule has 2 aliphatic heterocycles. The third kappa shape index (κ3) is 3.14. The van der Waals surface area contributed by atoms with E-state index in [2.05, 4.69) is 0 Å². The molecule has 1 amide bonds. The monoisotopic (exact) mass is 355 g/mol. The standard InChI is InChI=1S/C20H21NO5/c1-13-19(26-18-10-6-5-9-17(18)24-13)20(22)21(2)11-14-12-23-15-7-3-4-8-16(15)25-14/h3-10,13-14,19H,11-12H2,1-2H3. The third-order valence-electron chi connectivity index (χ3n) is 4.51. The van der Waals surface area contributed by atoms with Gasteiger partial charge in [0, 0.05) is 7.05 Å². The molecule has 0 saturated heterocycles. The lowest BCUT2D eigenvalue weighted by molar-refractivity contribution is -0.144. The van der Waals surface area contributed by atoms with Crippen molar-refractivity contribution < 1.29 is 23.7 Å². The molecule has 0 bridgehead atoms. The highest BCUT2D eigenvalue weighted by atomic mass is 16.6. The average molecular weight is 355 g/mol. The van der Waals surface area contributed by atoms with Crippen molar-refractivity contribution in [2.45, 2.75) is 25.2 Å². The van der Waals surface area contributed by atoms with E-state index in [1.54, 1.807) is 18.0 Å². The smallest absolute Gasteiger partial charge is 0.267 e. The zero-order valence-electron chi connectivity index (χ0n) is 14.8. The fourth-order valence-corrected chi connectivity index (χ4v) is 3.16. The van der Waals surface area contributed by atoms with E-state index in [4.69, 9.17) is 18.9 Å². The van der Waals surface area contributed by atoms with Gasteiger partial charge in [-0.3, -0.25) is 4.79 Å². The van der Waals surface area contributed by atoms with Crippen LogP contribution in [0.25, 0.3) is 0 Å². The van der Waals surface area contributed by atoms with Crippen LogP contribution in [0.5, 0.6) is 23.0 Å². The maximum absolute atomic E-state index is 12.9. The van der Waals surface area contributed by atoms with Crippen LogP contribution in [0, 0.1) is 0 Å². The van der Waals surface area contributed by atoms with Gasteiger partial charge in [0.15, 0.2) is 29.1 Å².